The van der Waals surface area contributed by atoms with E-state index in [-0.39, 0.29) is 28.5 Å². The van der Waals surface area contributed by atoms with Gasteiger partial charge >= 0.3 is 184 Å². The van der Waals surface area contributed by atoms with Crippen LogP contribution in [-0.4, -0.2) is 24.3 Å². The van der Waals surface area contributed by atoms with Crippen molar-refractivity contribution in [3.63, 3.8) is 0 Å². The van der Waals surface area contributed by atoms with Crippen LogP contribution in [0.5, 0.6) is 0 Å². The summed E-state index contributed by atoms with van der Waals surface area (Å²) >= 11 is -3.21. The second-order valence-corrected chi connectivity index (χ2v) is 14.5. The van der Waals surface area contributed by atoms with Crippen LogP contribution in [0.4, 0.5) is 5.69 Å². The Morgan fingerprint density at radius 2 is 1.12 bits per heavy atom. The Kier molecular flexibility index (Phi) is 7.79. The second-order valence-electron chi connectivity index (χ2n) is 7.21. The Balaban J connectivity index is 0.00000289. The second kappa shape index (κ2) is 10.5. The zero-order valence-corrected chi connectivity index (χ0v) is 20.6. The maximum atomic E-state index is 13.6. The third kappa shape index (κ3) is 4.74. The van der Waals surface area contributed by atoms with Gasteiger partial charge in [0.05, 0.1) is 0 Å². The minimum absolute atomic E-state index is 0. The van der Waals surface area contributed by atoms with Crippen molar-refractivity contribution in [1.82, 2.24) is 0 Å². The molecule has 0 atom stereocenters. The first kappa shape index (κ1) is 23.6. The predicted molar refractivity (Wildman–Crippen MR) is 126 cm³/mol. The van der Waals surface area contributed by atoms with E-state index < -0.39 is 18.5 Å². The molecule has 0 unspecified atom stereocenters. The summed E-state index contributed by atoms with van der Waals surface area (Å²) in [5.41, 5.74) is 0.309. The van der Waals surface area contributed by atoms with Crippen LogP contribution in [0, 0.1) is 10.1 Å². The number of halogens is 1. The first-order chi connectivity index (χ1) is 15.1. The van der Waals surface area contributed by atoms with E-state index >= 15 is 0 Å². The fourth-order valence-electron chi connectivity index (χ4n) is 3.87. The molecule has 0 heterocycles. The number of hydrogen-bond acceptors (Lipinski definition) is 3. The number of hydrogen-bond donors (Lipinski definition) is 0. The summed E-state index contributed by atoms with van der Waals surface area (Å²) in [5, 5.41) is 11.5. The molecule has 0 saturated heterocycles. The molecule has 32 heavy (non-hydrogen) atoms. The number of non-ortho nitro benzene ring substituents is 1. The number of benzene rings is 4. The van der Waals surface area contributed by atoms with Crippen molar-refractivity contribution in [1.29, 1.82) is 0 Å². The van der Waals surface area contributed by atoms with Gasteiger partial charge in [-0.1, -0.05) is 0 Å². The van der Waals surface area contributed by atoms with Gasteiger partial charge in [-0.05, 0) is 0 Å². The molecule has 4 nitrogen and oxygen atoms in total. The summed E-state index contributed by atoms with van der Waals surface area (Å²) < 4.78 is 3.49. The van der Waals surface area contributed by atoms with Gasteiger partial charge in [-0.15, -0.1) is 0 Å². The molecule has 0 aliphatic rings. The molecule has 0 aliphatic carbocycles. The zero-order valence-electron chi connectivity index (χ0n) is 17.2. The molecular formula is C26H21AsBrNO3. The summed E-state index contributed by atoms with van der Waals surface area (Å²) in [4.78, 5) is 24.3. The molecule has 0 radical (unpaired) electrons. The van der Waals surface area contributed by atoms with Crippen LogP contribution >= 0.6 is 0 Å². The molecule has 0 aliphatic heterocycles. The quantitative estimate of drug-likeness (QED) is 0.149. The maximum absolute atomic E-state index is 13.6. The third-order valence-electron chi connectivity index (χ3n) is 5.35. The van der Waals surface area contributed by atoms with Crippen LogP contribution < -0.4 is 30.0 Å². The fraction of sp³-hybridized carbons (Fsp3) is 0.0385. The number of carbonyl (C=O) groups excluding carboxylic acids is 1. The molecule has 0 saturated carbocycles. The van der Waals surface area contributed by atoms with Gasteiger partial charge in [0.15, 0.2) is 0 Å². The molecule has 160 valence electrons. The van der Waals surface area contributed by atoms with Gasteiger partial charge < -0.3 is 17.0 Å². The van der Waals surface area contributed by atoms with Crippen LogP contribution in [-0.2, 0) is 0 Å². The molecule has 4 aromatic carbocycles. The Hall–Kier alpha value is -3.01. The van der Waals surface area contributed by atoms with Crippen molar-refractivity contribution < 1.29 is 26.7 Å². The maximum Gasteiger partial charge on any atom is -1.00 e. The fourth-order valence-corrected chi connectivity index (χ4v) is 12.5. The van der Waals surface area contributed by atoms with Crippen molar-refractivity contribution in [2.24, 2.45) is 0 Å². The van der Waals surface area contributed by atoms with Gasteiger partial charge in [0, 0.05) is 0 Å². The number of nitro groups is 1. The Labute approximate surface area is 200 Å². The first-order valence-electron chi connectivity index (χ1n) is 9.94. The molecule has 6 heteroatoms. The van der Waals surface area contributed by atoms with E-state index in [1.165, 1.54) is 12.1 Å². The number of carbonyl (C=O) groups is 1. The number of ketones is 1. The van der Waals surface area contributed by atoms with Crippen LogP contribution in [0.1, 0.15) is 10.4 Å². The van der Waals surface area contributed by atoms with E-state index in [1.54, 1.807) is 12.1 Å². The molecule has 0 bridgehead atoms. The number of rotatable bonds is 7. The Morgan fingerprint density at radius 3 is 1.53 bits per heavy atom. The van der Waals surface area contributed by atoms with Gasteiger partial charge in [-0.3, -0.25) is 0 Å². The van der Waals surface area contributed by atoms with Gasteiger partial charge in [-0.2, -0.15) is 0 Å². The average molecular weight is 550 g/mol. The van der Waals surface area contributed by atoms with Gasteiger partial charge in [-0.25, -0.2) is 0 Å². The Bertz CT molecular complexity index is 1100. The topological polar surface area (TPSA) is 60.2 Å². The van der Waals surface area contributed by atoms with Crippen LogP contribution in [0.25, 0.3) is 0 Å². The normalized spacial score (nSPS) is 10.8. The minimum atomic E-state index is -3.21. The van der Waals surface area contributed by atoms with Crippen LogP contribution in [0.2, 0.25) is 5.21 Å². The molecule has 0 spiro atoms. The number of nitrogens with zero attached hydrogens (tertiary/aromatic N) is 1. The first-order valence-corrected chi connectivity index (χ1v) is 14.1. The van der Waals surface area contributed by atoms with E-state index in [0.717, 1.165) is 13.1 Å². The van der Waals surface area contributed by atoms with E-state index in [4.69, 9.17) is 0 Å². The molecule has 0 amide bonds. The standard InChI is InChI=1S/C26H21AsNO3.BrH/c29-26(21-11-10-18-25(19-21)28(30)31)20-27(22-12-4-1-5-13-22,23-14-6-2-7-15-23)24-16-8-3-9-17-24;/h1-19H,20H2;1H/q+1;/p-1. The molecule has 0 N–H and O–H groups in total. The van der Waals surface area contributed by atoms with Gasteiger partial charge in [0.1, 0.15) is 0 Å². The Morgan fingerprint density at radius 1 is 0.688 bits per heavy atom. The predicted octanol–water partition coefficient (Wildman–Crippen LogP) is 0.952. The van der Waals surface area contributed by atoms with E-state index in [2.05, 4.69) is 36.4 Å². The van der Waals surface area contributed by atoms with Gasteiger partial charge in [0.2, 0.25) is 0 Å². The minimum Gasteiger partial charge on any atom is -1.00 e. The SMILES string of the molecule is O=C(C[As+](c1ccccc1)(c1ccccc1)c1ccccc1)c1cccc([N+](=O)[O-])c1.[Br-]. The summed E-state index contributed by atoms with van der Waals surface area (Å²) in [5.74, 6) is -0.0761. The van der Waals surface area contributed by atoms with Crippen LogP contribution in [0.3, 0.4) is 0 Å². The van der Waals surface area contributed by atoms with Crippen molar-refractivity contribution in [3.05, 3.63) is 131 Å². The summed E-state index contributed by atoms with van der Waals surface area (Å²) in [7, 11) is 0. The third-order valence-corrected chi connectivity index (χ3v) is 14.4. The van der Waals surface area contributed by atoms with Crippen LogP contribution in [0.15, 0.2) is 115 Å². The molecule has 4 rings (SSSR count). The van der Waals surface area contributed by atoms with Crippen molar-refractivity contribution in [2.45, 2.75) is 5.21 Å². The summed E-state index contributed by atoms with van der Waals surface area (Å²) in [6.45, 7) is 0. The molecule has 4 aromatic rings. The average Bonchev–Trinajstić information content (AvgIpc) is 2.84. The number of nitro benzene ring substituents is 1. The summed E-state index contributed by atoms with van der Waals surface area (Å²) in [6, 6.07) is 36.7. The van der Waals surface area contributed by atoms with E-state index in [0.29, 0.717) is 10.8 Å². The molecule has 0 aromatic heterocycles. The molecule has 0 fully saturated rings. The smallest absolute Gasteiger partial charge is 1.00 e. The van der Waals surface area contributed by atoms with Crippen molar-refractivity contribution in [2.75, 3.05) is 0 Å². The van der Waals surface area contributed by atoms with E-state index in [9.17, 15) is 14.9 Å². The monoisotopic (exact) mass is 549 g/mol. The summed E-state index contributed by atoms with van der Waals surface area (Å²) in [6.07, 6.45) is 0. The van der Waals surface area contributed by atoms with Crippen molar-refractivity contribution in [3.8, 4) is 0 Å². The van der Waals surface area contributed by atoms with Gasteiger partial charge in [0.25, 0.3) is 0 Å². The molecular weight excluding hydrogens is 529 g/mol. The zero-order chi connectivity index (χ0) is 21.7. The number of Topliss-reactive ketones (excluding diaryl/α,β-unsaturated/α-hetero) is 1. The van der Waals surface area contributed by atoms with Crippen molar-refractivity contribution >= 4 is 38.1 Å². The van der Waals surface area contributed by atoms with E-state index in [1.807, 2.05) is 54.6 Å². The largest absolute Gasteiger partial charge is 1.00 e.